The Bertz CT molecular complexity index is 1330. The molecule has 1 aliphatic carbocycles. The molecule has 3 aromatic heterocycles. The number of aromatic nitrogens is 3. The summed E-state index contributed by atoms with van der Waals surface area (Å²) in [5, 5.41) is 11.0. The van der Waals surface area contributed by atoms with Gasteiger partial charge in [-0.25, -0.2) is 9.97 Å². The summed E-state index contributed by atoms with van der Waals surface area (Å²) in [5.74, 6) is 1.23. The van der Waals surface area contributed by atoms with E-state index in [1.807, 2.05) is 18.2 Å². The van der Waals surface area contributed by atoms with Gasteiger partial charge >= 0.3 is 0 Å². The number of H-pyrrole nitrogens is 1. The van der Waals surface area contributed by atoms with Crippen LogP contribution in [0, 0.1) is 6.92 Å². The van der Waals surface area contributed by atoms with Crippen molar-refractivity contribution in [1.82, 2.24) is 19.9 Å². The molecule has 1 aromatic carbocycles. The SMILES string of the molecule is Cc1nc([C@@H](C)O)oc1C(=O)N1CCc2[nH]cnc2[C@H]1c1oc2ccccc2c1C1CC1. The number of carbonyl (C=O) groups is 1. The predicted molar refractivity (Wildman–Crippen MR) is 115 cm³/mol. The van der Waals surface area contributed by atoms with Crippen LogP contribution in [0.15, 0.2) is 39.4 Å². The number of aliphatic hydroxyl groups excluding tert-OH is 1. The average molecular weight is 432 g/mol. The molecule has 8 nitrogen and oxygen atoms in total. The van der Waals surface area contributed by atoms with E-state index in [4.69, 9.17) is 8.83 Å². The third-order valence-corrected chi connectivity index (χ3v) is 6.45. The molecule has 0 saturated heterocycles. The van der Waals surface area contributed by atoms with Gasteiger partial charge in [0.05, 0.1) is 17.7 Å². The van der Waals surface area contributed by atoms with Crippen molar-refractivity contribution in [2.24, 2.45) is 0 Å². The van der Waals surface area contributed by atoms with Gasteiger partial charge in [0.15, 0.2) is 0 Å². The lowest BCUT2D eigenvalue weighted by Gasteiger charge is -2.33. The van der Waals surface area contributed by atoms with Gasteiger partial charge < -0.3 is 23.8 Å². The van der Waals surface area contributed by atoms with Crippen LogP contribution in [0.25, 0.3) is 11.0 Å². The van der Waals surface area contributed by atoms with E-state index in [1.54, 1.807) is 25.1 Å². The zero-order valence-electron chi connectivity index (χ0n) is 18.0. The summed E-state index contributed by atoms with van der Waals surface area (Å²) in [5.41, 5.74) is 4.29. The predicted octanol–water partition coefficient (Wildman–Crippen LogP) is 4.17. The second-order valence-corrected chi connectivity index (χ2v) is 8.71. The number of aromatic amines is 1. The maximum Gasteiger partial charge on any atom is 0.292 e. The number of hydrogen-bond acceptors (Lipinski definition) is 6. The van der Waals surface area contributed by atoms with Crippen LogP contribution in [0.5, 0.6) is 0 Å². The van der Waals surface area contributed by atoms with E-state index in [-0.39, 0.29) is 17.6 Å². The van der Waals surface area contributed by atoms with Crippen molar-refractivity contribution in [2.45, 2.75) is 51.2 Å². The quantitative estimate of drug-likeness (QED) is 0.501. The van der Waals surface area contributed by atoms with E-state index in [0.717, 1.165) is 41.0 Å². The zero-order valence-corrected chi connectivity index (χ0v) is 18.0. The average Bonchev–Trinajstić information content (AvgIpc) is 3.21. The number of benzene rings is 1. The highest BCUT2D eigenvalue weighted by Crippen LogP contribution is 2.50. The van der Waals surface area contributed by atoms with Gasteiger partial charge in [-0.2, -0.15) is 0 Å². The fraction of sp³-hybridized carbons (Fsp3) is 0.375. The van der Waals surface area contributed by atoms with Crippen molar-refractivity contribution in [2.75, 3.05) is 6.54 Å². The molecule has 0 spiro atoms. The van der Waals surface area contributed by atoms with Crippen LogP contribution < -0.4 is 0 Å². The highest BCUT2D eigenvalue weighted by molar-refractivity contribution is 5.93. The fourth-order valence-electron chi connectivity index (χ4n) is 4.77. The van der Waals surface area contributed by atoms with Crippen LogP contribution in [0.3, 0.4) is 0 Å². The number of aliphatic hydroxyl groups is 1. The number of para-hydroxylation sites is 1. The summed E-state index contributed by atoms with van der Waals surface area (Å²) in [6.45, 7) is 3.78. The van der Waals surface area contributed by atoms with Gasteiger partial charge in [-0.15, -0.1) is 0 Å². The summed E-state index contributed by atoms with van der Waals surface area (Å²) < 4.78 is 12.1. The molecule has 8 heteroatoms. The van der Waals surface area contributed by atoms with Crippen LogP contribution in [0.4, 0.5) is 0 Å². The molecule has 2 N–H and O–H groups in total. The molecule has 1 aliphatic heterocycles. The first-order valence-electron chi connectivity index (χ1n) is 11.0. The minimum atomic E-state index is -0.887. The number of aryl methyl sites for hydroxylation is 1. The maximum atomic E-state index is 13.7. The lowest BCUT2D eigenvalue weighted by Crippen LogP contribution is -2.41. The minimum absolute atomic E-state index is 0.141. The minimum Gasteiger partial charge on any atom is -0.458 e. The molecule has 4 aromatic rings. The number of oxazole rings is 1. The number of imidazole rings is 1. The van der Waals surface area contributed by atoms with E-state index in [2.05, 4.69) is 21.0 Å². The molecular weight excluding hydrogens is 408 g/mol. The lowest BCUT2D eigenvalue weighted by atomic mass is 9.95. The van der Waals surface area contributed by atoms with Gasteiger partial charge in [0, 0.05) is 29.6 Å². The first-order chi connectivity index (χ1) is 15.5. The fourth-order valence-corrected chi connectivity index (χ4v) is 4.77. The Hall–Kier alpha value is -3.39. The van der Waals surface area contributed by atoms with E-state index in [0.29, 0.717) is 24.6 Å². The van der Waals surface area contributed by atoms with Crippen LogP contribution >= 0.6 is 0 Å². The Morgan fingerprint density at radius 1 is 1.28 bits per heavy atom. The standard InChI is InChI=1S/C24H24N4O4/c1-12-21(32-23(27-12)13(2)29)24(30)28-10-9-16-19(26-11-25-16)20(28)22-18(14-7-8-14)15-5-3-4-6-17(15)31-22/h3-6,11,13-14,20,29H,7-10H2,1-2H3,(H,25,26)/t13-,20+/m1/s1. The summed E-state index contributed by atoms with van der Waals surface area (Å²) in [7, 11) is 0. The molecule has 0 unspecified atom stereocenters. The Morgan fingerprint density at radius 3 is 2.84 bits per heavy atom. The van der Waals surface area contributed by atoms with E-state index in [9.17, 15) is 9.90 Å². The van der Waals surface area contributed by atoms with E-state index >= 15 is 0 Å². The van der Waals surface area contributed by atoms with Crippen LogP contribution in [0.2, 0.25) is 0 Å². The molecule has 32 heavy (non-hydrogen) atoms. The number of nitrogens with zero attached hydrogens (tertiary/aromatic N) is 3. The number of fused-ring (bicyclic) bond motifs is 2. The van der Waals surface area contributed by atoms with Crippen molar-refractivity contribution in [3.63, 3.8) is 0 Å². The van der Waals surface area contributed by atoms with E-state index < -0.39 is 12.1 Å². The molecule has 4 heterocycles. The first-order valence-corrected chi connectivity index (χ1v) is 11.0. The molecule has 2 aliphatic rings. The molecule has 0 radical (unpaired) electrons. The van der Waals surface area contributed by atoms with Gasteiger partial charge in [0.25, 0.3) is 5.91 Å². The van der Waals surface area contributed by atoms with Crippen LogP contribution in [-0.2, 0) is 6.42 Å². The number of rotatable bonds is 4. The Labute approximate surface area is 184 Å². The molecule has 6 rings (SSSR count). The first kappa shape index (κ1) is 19.3. The smallest absolute Gasteiger partial charge is 0.292 e. The monoisotopic (exact) mass is 432 g/mol. The summed E-state index contributed by atoms with van der Waals surface area (Å²) in [4.78, 5) is 27.5. The van der Waals surface area contributed by atoms with Crippen molar-refractivity contribution in [1.29, 1.82) is 0 Å². The second kappa shape index (κ2) is 7.06. The number of hydrogen-bond donors (Lipinski definition) is 2. The van der Waals surface area contributed by atoms with Crippen molar-refractivity contribution >= 4 is 16.9 Å². The Kier molecular flexibility index (Phi) is 4.26. The summed E-state index contributed by atoms with van der Waals surface area (Å²) in [6, 6.07) is 7.59. The van der Waals surface area contributed by atoms with Crippen molar-refractivity contribution in [3.8, 4) is 0 Å². The van der Waals surface area contributed by atoms with Crippen molar-refractivity contribution < 1.29 is 18.7 Å². The highest BCUT2D eigenvalue weighted by atomic mass is 16.4. The molecule has 0 bridgehead atoms. The highest BCUT2D eigenvalue weighted by Gasteiger charge is 2.42. The van der Waals surface area contributed by atoms with Crippen molar-refractivity contribution in [3.05, 3.63) is 70.6 Å². The number of amides is 1. The molecule has 164 valence electrons. The summed E-state index contributed by atoms with van der Waals surface area (Å²) in [6.07, 6.45) is 3.68. The normalized spacial score (nSPS) is 19.3. The molecule has 1 amide bonds. The number of furan rings is 1. The third-order valence-electron chi connectivity index (χ3n) is 6.45. The maximum absolute atomic E-state index is 13.7. The lowest BCUT2D eigenvalue weighted by molar-refractivity contribution is 0.0629. The largest absolute Gasteiger partial charge is 0.458 e. The van der Waals surface area contributed by atoms with Gasteiger partial charge in [-0.05, 0) is 38.7 Å². The van der Waals surface area contributed by atoms with Crippen LogP contribution in [0.1, 0.15) is 82.7 Å². The number of carbonyl (C=O) groups excluding carboxylic acids is 1. The molecule has 1 saturated carbocycles. The van der Waals surface area contributed by atoms with Crippen LogP contribution in [-0.4, -0.2) is 37.4 Å². The van der Waals surface area contributed by atoms with Gasteiger partial charge in [-0.3, -0.25) is 4.79 Å². The molecule has 2 atom stereocenters. The zero-order chi connectivity index (χ0) is 22.0. The summed E-state index contributed by atoms with van der Waals surface area (Å²) >= 11 is 0. The molecule has 1 fully saturated rings. The van der Waals surface area contributed by atoms with Gasteiger partial charge in [0.2, 0.25) is 11.7 Å². The Balaban J connectivity index is 1.51. The second-order valence-electron chi connectivity index (χ2n) is 8.71. The Morgan fingerprint density at radius 2 is 2.09 bits per heavy atom. The van der Waals surface area contributed by atoms with E-state index in [1.165, 1.54) is 5.56 Å². The van der Waals surface area contributed by atoms with Gasteiger partial charge in [-0.1, -0.05) is 18.2 Å². The van der Waals surface area contributed by atoms with Gasteiger partial charge in [0.1, 0.15) is 23.5 Å². The topological polar surface area (TPSA) is 108 Å². The molecular formula is C24H24N4O4. The third kappa shape index (κ3) is 2.90. The number of nitrogens with one attached hydrogen (secondary N) is 1.